The number of nitrogens with one attached hydrogen (secondary N) is 1. The van der Waals surface area contributed by atoms with E-state index in [1.54, 1.807) is 0 Å². The van der Waals surface area contributed by atoms with Gasteiger partial charge in [-0.25, -0.2) is 8.42 Å². The van der Waals surface area contributed by atoms with Gasteiger partial charge in [-0.15, -0.1) is 0 Å². The number of carboxylic acid groups (broad SMARTS) is 1. The van der Waals surface area contributed by atoms with Crippen molar-refractivity contribution < 1.29 is 28.2 Å². The molecule has 0 heterocycles. The highest BCUT2D eigenvalue weighted by Gasteiger charge is 2.33. The standard InChI is InChI=1S/C26H36ClN3O6S/c1-5-13-30(26(33)34)24(14-20-9-7-6-8-10-20)25(32)17-29(16-18(2)3)37(35,36)21-11-12-23(22(27)15-21)28-19(4)31/h6-12,15,18,24-25,32H,5,13-14,16-17H2,1-4H3,(H,28,31)(H,33,34)/p-1/t24-,25+/m0/s1. The number of benzene rings is 2. The van der Waals surface area contributed by atoms with Crippen LogP contribution in [0.1, 0.15) is 39.7 Å². The summed E-state index contributed by atoms with van der Waals surface area (Å²) in [7, 11) is -4.13. The van der Waals surface area contributed by atoms with Crippen LogP contribution in [0.5, 0.6) is 0 Å². The van der Waals surface area contributed by atoms with Gasteiger partial charge >= 0.3 is 0 Å². The van der Waals surface area contributed by atoms with Gasteiger partial charge in [0.1, 0.15) is 6.09 Å². The molecule has 2 amide bonds. The summed E-state index contributed by atoms with van der Waals surface area (Å²) in [6, 6.07) is 12.1. The van der Waals surface area contributed by atoms with Crippen molar-refractivity contribution in [3.8, 4) is 0 Å². The summed E-state index contributed by atoms with van der Waals surface area (Å²) >= 11 is 6.22. The molecule has 0 aliphatic heterocycles. The van der Waals surface area contributed by atoms with E-state index in [1.165, 1.54) is 25.1 Å². The first-order chi connectivity index (χ1) is 17.4. The van der Waals surface area contributed by atoms with Gasteiger partial charge in [-0.1, -0.05) is 62.7 Å². The quantitative estimate of drug-likeness (QED) is 0.393. The SMILES string of the molecule is CCCN(C(=O)[O-])[C@@H](Cc1ccccc1)[C@H](O)CN(CC(C)C)S(=O)(=O)c1ccc(NC(C)=O)c(Cl)c1. The Morgan fingerprint density at radius 3 is 2.27 bits per heavy atom. The molecule has 2 atom stereocenters. The van der Waals surface area contributed by atoms with Crippen LogP contribution in [-0.2, 0) is 21.2 Å². The van der Waals surface area contributed by atoms with Crippen LogP contribution in [0.3, 0.4) is 0 Å². The van der Waals surface area contributed by atoms with Crippen LogP contribution in [-0.4, -0.2) is 66.5 Å². The highest BCUT2D eigenvalue weighted by Crippen LogP contribution is 2.28. The van der Waals surface area contributed by atoms with E-state index in [2.05, 4.69) is 5.32 Å². The topological polar surface area (TPSA) is 130 Å². The first-order valence-corrected chi connectivity index (χ1v) is 14.0. The molecule has 204 valence electrons. The van der Waals surface area contributed by atoms with Crippen molar-refractivity contribution in [2.45, 2.75) is 57.6 Å². The summed E-state index contributed by atoms with van der Waals surface area (Å²) in [5.41, 5.74) is 1.07. The maximum atomic E-state index is 13.6. The van der Waals surface area contributed by atoms with Gasteiger partial charge in [-0.2, -0.15) is 4.31 Å². The third-order valence-corrected chi connectivity index (χ3v) is 7.82. The molecule has 11 heteroatoms. The maximum Gasteiger partial charge on any atom is 0.243 e. The molecule has 0 unspecified atom stereocenters. The molecule has 0 radical (unpaired) electrons. The Morgan fingerprint density at radius 1 is 1.11 bits per heavy atom. The zero-order chi connectivity index (χ0) is 27.8. The lowest BCUT2D eigenvalue weighted by Crippen LogP contribution is -2.56. The van der Waals surface area contributed by atoms with E-state index in [-0.39, 0.29) is 53.5 Å². The van der Waals surface area contributed by atoms with Gasteiger partial charge in [0, 0.05) is 26.6 Å². The average molecular weight is 553 g/mol. The zero-order valence-corrected chi connectivity index (χ0v) is 23.1. The number of aliphatic hydroxyl groups is 1. The fourth-order valence-corrected chi connectivity index (χ4v) is 5.99. The number of carbonyl (C=O) groups is 2. The predicted molar refractivity (Wildman–Crippen MR) is 142 cm³/mol. The molecule has 2 aromatic carbocycles. The molecule has 0 aliphatic carbocycles. The molecule has 0 saturated carbocycles. The Bertz CT molecular complexity index is 1160. The van der Waals surface area contributed by atoms with Gasteiger partial charge in [-0.3, -0.25) is 4.79 Å². The fourth-order valence-electron chi connectivity index (χ4n) is 4.05. The Labute approximate surface area is 224 Å². The summed E-state index contributed by atoms with van der Waals surface area (Å²) in [4.78, 5) is 24.3. The van der Waals surface area contributed by atoms with Gasteiger partial charge in [-0.05, 0) is 42.5 Å². The highest BCUT2D eigenvalue weighted by molar-refractivity contribution is 7.89. The predicted octanol–water partition coefficient (Wildman–Crippen LogP) is 2.97. The molecule has 0 saturated heterocycles. The molecule has 0 fully saturated rings. The first-order valence-electron chi connectivity index (χ1n) is 12.1. The Hall–Kier alpha value is -2.66. The molecular formula is C26H35ClN3O6S-. The summed E-state index contributed by atoms with van der Waals surface area (Å²) in [5.74, 6) is -0.437. The molecule has 0 aliphatic rings. The second-order valence-electron chi connectivity index (χ2n) is 9.32. The molecule has 9 nitrogen and oxygen atoms in total. The van der Waals surface area contributed by atoms with Crippen LogP contribution in [0.25, 0.3) is 0 Å². The lowest BCUT2D eigenvalue weighted by molar-refractivity contribution is -0.269. The smallest absolute Gasteiger partial charge is 0.243 e. The minimum Gasteiger partial charge on any atom is -0.530 e. The van der Waals surface area contributed by atoms with Crippen LogP contribution < -0.4 is 10.4 Å². The Morgan fingerprint density at radius 2 is 1.76 bits per heavy atom. The van der Waals surface area contributed by atoms with Gasteiger partial charge in [0.25, 0.3) is 0 Å². The van der Waals surface area contributed by atoms with Crippen molar-refractivity contribution in [1.29, 1.82) is 0 Å². The maximum absolute atomic E-state index is 13.6. The average Bonchev–Trinajstić information content (AvgIpc) is 2.82. The van der Waals surface area contributed by atoms with E-state index in [4.69, 9.17) is 11.6 Å². The molecule has 0 spiro atoms. The normalized spacial score (nSPS) is 13.4. The number of hydrogen-bond acceptors (Lipinski definition) is 6. The molecule has 2 N–H and O–H groups in total. The van der Waals surface area contributed by atoms with Crippen LogP contribution >= 0.6 is 11.6 Å². The Balaban J connectivity index is 2.43. The third kappa shape index (κ3) is 8.70. The van der Waals surface area contributed by atoms with Crippen LogP contribution in [0.2, 0.25) is 5.02 Å². The van der Waals surface area contributed by atoms with Crippen LogP contribution in [0.4, 0.5) is 10.5 Å². The van der Waals surface area contributed by atoms with Crippen molar-refractivity contribution >= 4 is 39.3 Å². The number of sulfonamides is 1. The van der Waals surface area contributed by atoms with E-state index in [1.807, 2.05) is 51.1 Å². The van der Waals surface area contributed by atoms with E-state index in [0.29, 0.717) is 6.42 Å². The Kier molecular flexibility index (Phi) is 11.4. The second-order valence-corrected chi connectivity index (χ2v) is 11.7. The van der Waals surface area contributed by atoms with Gasteiger partial charge < -0.3 is 25.2 Å². The highest BCUT2D eigenvalue weighted by atomic mass is 35.5. The number of hydrogen-bond donors (Lipinski definition) is 2. The second kappa shape index (κ2) is 13.8. The summed E-state index contributed by atoms with van der Waals surface area (Å²) < 4.78 is 28.4. The number of halogens is 1. The largest absolute Gasteiger partial charge is 0.530 e. The number of carbonyl (C=O) groups excluding carboxylic acids is 2. The minimum atomic E-state index is -4.13. The van der Waals surface area contributed by atoms with E-state index < -0.39 is 28.3 Å². The first kappa shape index (κ1) is 30.6. The minimum absolute atomic E-state index is 0.0503. The fraction of sp³-hybridized carbons (Fsp3) is 0.462. The molecule has 2 rings (SSSR count). The van der Waals surface area contributed by atoms with Crippen molar-refractivity contribution in [2.24, 2.45) is 5.92 Å². The van der Waals surface area contributed by atoms with Crippen molar-refractivity contribution in [3.63, 3.8) is 0 Å². The van der Waals surface area contributed by atoms with E-state index >= 15 is 0 Å². The molecular weight excluding hydrogens is 518 g/mol. The molecule has 0 bridgehead atoms. The monoisotopic (exact) mass is 552 g/mol. The number of amides is 2. The molecule has 2 aromatic rings. The number of nitrogens with zero attached hydrogens (tertiary/aromatic N) is 2. The molecule has 0 aromatic heterocycles. The van der Waals surface area contributed by atoms with Gasteiger partial charge in [0.05, 0.1) is 27.8 Å². The van der Waals surface area contributed by atoms with Crippen LogP contribution in [0, 0.1) is 5.92 Å². The lowest BCUT2D eigenvalue weighted by Gasteiger charge is -2.38. The van der Waals surface area contributed by atoms with Gasteiger partial charge in [0.15, 0.2) is 0 Å². The lowest BCUT2D eigenvalue weighted by atomic mass is 9.99. The molecule has 37 heavy (non-hydrogen) atoms. The van der Waals surface area contributed by atoms with Crippen molar-refractivity contribution in [2.75, 3.05) is 25.0 Å². The summed E-state index contributed by atoms with van der Waals surface area (Å²) in [6.45, 7) is 6.69. The zero-order valence-electron chi connectivity index (χ0n) is 21.6. The number of aliphatic hydroxyl groups excluding tert-OH is 1. The van der Waals surface area contributed by atoms with E-state index in [0.717, 1.165) is 14.8 Å². The van der Waals surface area contributed by atoms with E-state index in [9.17, 15) is 28.2 Å². The van der Waals surface area contributed by atoms with Gasteiger partial charge in [0.2, 0.25) is 15.9 Å². The number of rotatable bonds is 13. The summed E-state index contributed by atoms with van der Waals surface area (Å²) in [6.07, 6.45) is -2.09. The number of anilines is 1. The third-order valence-electron chi connectivity index (χ3n) is 5.68. The summed E-state index contributed by atoms with van der Waals surface area (Å²) in [5, 5.41) is 25.9. The van der Waals surface area contributed by atoms with Crippen LogP contribution in [0.15, 0.2) is 53.4 Å². The van der Waals surface area contributed by atoms with Crippen molar-refractivity contribution in [1.82, 2.24) is 9.21 Å². The van der Waals surface area contributed by atoms with Crippen molar-refractivity contribution in [3.05, 3.63) is 59.1 Å².